The SMILES string of the molecule is Cc1cc(CNC(=O)Cn2cnc3c(cnn3C)c2=O)c2[nH]c(C)c(C)c2c1. The molecule has 0 saturated carbocycles. The van der Waals surface area contributed by atoms with Crippen molar-refractivity contribution in [1.82, 2.24) is 29.6 Å². The molecule has 0 aliphatic carbocycles. The van der Waals surface area contributed by atoms with Gasteiger partial charge in [-0.25, -0.2) is 4.98 Å². The first-order chi connectivity index (χ1) is 13.3. The second-order valence-corrected chi connectivity index (χ2v) is 7.18. The monoisotopic (exact) mass is 378 g/mol. The maximum atomic E-state index is 12.5. The summed E-state index contributed by atoms with van der Waals surface area (Å²) in [6, 6.07) is 4.21. The smallest absolute Gasteiger partial charge is 0.264 e. The Morgan fingerprint density at radius 2 is 2.00 bits per heavy atom. The van der Waals surface area contributed by atoms with Crippen LogP contribution in [0.15, 0.2) is 29.5 Å². The summed E-state index contributed by atoms with van der Waals surface area (Å²) in [6.45, 7) is 6.47. The number of nitrogens with one attached hydrogen (secondary N) is 2. The summed E-state index contributed by atoms with van der Waals surface area (Å²) in [5.41, 5.74) is 5.76. The summed E-state index contributed by atoms with van der Waals surface area (Å²) >= 11 is 0. The zero-order valence-corrected chi connectivity index (χ0v) is 16.3. The minimum absolute atomic E-state index is 0.0889. The zero-order chi connectivity index (χ0) is 20.0. The van der Waals surface area contributed by atoms with E-state index in [0.29, 0.717) is 17.6 Å². The Labute approximate surface area is 161 Å². The molecule has 8 nitrogen and oxygen atoms in total. The number of carbonyl (C=O) groups excluding carboxylic acids is 1. The van der Waals surface area contributed by atoms with Gasteiger partial charge in [0.2, 0.25) is 5.91 Å². The van der Waals surface area contributed by atoms with Crippen molar-refractivity contribution >= 4 is 27.8 Å². The van der Waals surface area contributed by atoms with Gasteiger partial charge in [-0.1, -0.05) is 11.6 Å². The van der Waals surface area contributed by atoms with Crippen molar-refractivity contribution < 1.29 is 4.79 Å². The molecule has 8 heteroatoms. The maximum absolute atomic E-state index is 12.5. The van der Waals surface area contributed by atoms with Crippen molar-refractivity contribution in [2.75, 3.05) is 0 Å². The summed E-state index contributed by atoms with van der Waals surface area (Å²) in [7, 11) is 1.72. The number of hydrogen-bond acceptors (Lipinski definition) is 4. The van der Waals surface area contributed by atoms with Crippen LogP contribution in [0, 0.1) is 20.8 Å². The molecule has 0 atom stereocenters. The third-order valence-corrected chi connectivity index (χ3v) is 5.15. The fourth-order valence-corrected chi connectivity index (χ4v) is 3.51. The first-order valence-electron chi connectivity index (χ1n) is 9.07. The first kappa shape index (κ1) is 18.0. The number of aryl methyl sites for hydroxylation is 4. The molecule has 4 rings (SSSR count). The second-order valence-electron chi connectivity index (χ2n) is 7.18. The molecular formula is C20H22N6O2. The average molecular weight is 378 g/mol. The lowest BCUT2D eigenvalue weighted by Crippen LogP contribution is -2.32. The van der Waals surface area contributed by atoms with Gasteiger partial charge in [-0.3, -0.25) is 18.8 Å². The van der Waals surface area contributed by atoms with E-state index in [1.807, 2.05) is 13.8 Å². The van der Waals surface area contributed by atoms with E-state index in [9.17, 15) is 9.59 Å². The molecule has 0 fully saturated rings. The quantitative estimate of drug-likeness (QED) is 0.566. The number of fused-ring (bicyclic) bond motifs is 2. The van der Waals surface area contributed by atoms with Gasteiger partial charge < -0.3 is 10.3 Å². The van der Waals surface area contributed by atoms with E-state index in [1.54, 1.807) is 7.05 Å². The van der Waals surface area contributed by atoms with E-state index in [2.05, 4.69) is 39.4 Å². The molecule has 0 aliphatic rings. The molecule has 0 aliphatic heterocycles. The highest BCUT2D eigenvalue weighted by Crippen LogP contribution is 2.25. The van der Waals surface area contributed by atoms with Crippen LogP contribution in [-0.4, -0.2) is 30.2 Å². The fraction of sp³-hybridized carbons (Fsp3) is 0.300. The third-order valence-electron chi connectivity index (χ3n) is 5.15. The van der Waals surface area contributed by atoms with Crippen molar-refractivity contribution in [2.45, 2.75) is 33.9 Å². The second kappa shape index (κ2) is 6.63. The van der Waals surface area contributed by atoms with Crippen molar-refractivity contribution in [3.8, 4) is 0 Å². The number of carbonyl (C=O) groups is 1. The lowest BCUT2D eigenvalue weighted by atomic mass is 10.0. The summed E-state index contributed by atoms with van der Waals surface area (Å²) in [5, 5.41) is 8.51. The van der Waals surface area contributed by atoms with Crippen LogP contribution in [0.5, 0.6) is 0 Å². The number of rotatable bonds is 4. The topological polar surface area (TPSA) is 97.6 Å². The Morgan fingerprint density at radius 3 is 2.79 bits per heavy atom. The first-order valence-corrected chi connectivity index (χ1v) is 9.07. The molecule has 1 aromatic carbocycles. The molecule has 144 valence electrons. The molecule has 3 heterocycles. The Morgan fingerprint density at radius 1 is 1.21 bits per heavy atom. The van der Waals surface area contributed by atoms with Crippen molar-refractivity contribution in [3.05, 3.63) is 57.4 Å². The van der Waals surface area contributed by atoms with Gasteiger partial charge in [0, 0.05) is 24.7 Å². The van der Waals surface area contributed by atoms with E-state index in [1.165, 1.54) is 32.7 Å². The molecule has 0 bridgehead atoms. The van der Waals surface area contributed by atoms with Crippen LogP contribution in [0.25, 0.3) is 21.9 Å². The molecule has 4 aromatic rings. The highest BCUT2D eigenvalue weighted by atomic mass is 16.2. The number of hydrogen-bond donors (Lipinski definition) is 2. The highest BCUT2D eigenvalue weighted by Gasteiger charge is 2.13. The normalized spacial score (nSPS) is 11.4. The van der Waals surface area contributed by atoms with Crippen LogP contribution in [0.4, 0.5) is 0 Å². The van der Waals surface area contributed by atoms with E-state index >= 15 is 0 Å². The Balaban J connectivity index is 1.54. The van der Waals surface area contributed by atoms with Gasteiger partial charge in [-0.05, 0) is 38.0 Å². The van der Waals surface area contributed by atoms with Gasteiger partial charge in [-0.2, -0.15) is 5.10 Å². The molecule has 0 saturated heterocycles. The van der Waals surface area contributed by atoms with Crippen LogP contribution in [-0.2, 0) is 24.9 Å². The third kappa shape index (κ3) is 2.96. The van der Waals surface area contributed by atoms with Crippen LogP contribution in [0.2, 0.25) is 0 Å². The Bertz CT molecular complexity index is 1280. The number of aromatic amines is 1. The van der Waals surface area contributed by atoms with Crippen LogP contribution in [0.3, 0.4) is 0 Å². The molecule has 28 heavy (non-hydrogen) atoms. The molecule has 3 aromatic heterocycles. The number of nitrogens with zero attached hydrogens (tertiary/aromatic N) is 4. The van der Waals surface area contributed by atoms with Gasteiger partial charge in [0.05, 0.1) is 11.7 Å². The van der Waals surface area contributed by atoms with Gasteiger partial charge >= 0.3 is 0 Å². The van der Waals surface area contributed by atoms with Crippen molar-refractivity contribution in [3.63, 3.8) is 0 Å². The number of benzene rings is 1. The van der Waals surface area contributed by atoms with Crippen LogP contribution >= 0.6 is 0 Å². The van der Waals surface area contributed by atoms with E-state index < -0.39 is 0 Å². The highest BCUT2D eigenvalue weighted by molar-refractivity contribution is 5.88. The molecule has 0 spiro atoms. The number of aromatic nitrogens is 5. The summed E-state index contributed by atoms with van der Waals surface area (Å²) in [5.74, 6) is -0.248. The van der Waals surface area contributed by atoms with Crippen LogP contribution < -0.4 is 10.9 Å². The maximum Gasteiger partial charge on any atom is 0.264 e. The van der Waals surface area contributed by atoms with Gasteiger partial charge in [-0.15, -0.1) is 0 Å². The minimum Gasteiger partial charge on any atom is -0.358 e. The number of amides is 1. The van der Waals surface area contributed by atoms with E-state index in [-0.39, 0.29) is 18.0 Å². The van der Waals surface area contributed by atoms with E-state index in [4.69, 9.17) is 0 Å². The van der Waals surface area contributed by atoms with Gasteiger partial charge in [0.15, 0.2) is 5.65 Å². The molecular weight excluding hydrogens is 356 g/mol. The average Bonchev–Trinajstić information content (AvgIpc) is 3.17. The largest absolute Gasteiger partial charge is 0.358 e. The predicted molar refractivity (Wildman–Crippen MR) is 107 cm³/mol. The van der Waals surface area contributed by atoms with Crippen molar-refractivity contribution in [1.29, 1.82) is 0 Å². The summed E-state index contributed by atoms with van der Waals surface area (Å²) < 4.78 is 2.83. The van der Waals surface area contributed by atoms with Gasteiger partial charge in [0.25, 0.3) is 5.56 Å². The molecule has 0 unspecified atom stereocenters. The Kier molecular flexibility index (Phi) is 4.26. The lowest BCUT2D eigenvalue weighted by Gasteiger charge is -2.09. The standard InChI is InChI=1S/C20H22N6O2/c1-11-5-14(18-15(6-11)12(2)13(3)24-18)7-21-17(27)9-26-10-22-19-16(20(26)28)8-23-25(19)4/h5-6,8,10,24H,7,9H2,1-4H3,(H,21,27). The van der Waals surface area contributed by atoms with Crippen LogP contribution in [0.1, 0.15) is 22.4 Å². The van der Waals surface area contributed by atoms with Crippen molar-refractivity contribution in [2.24, 2.45) is 7.05 Å². The number of H-pyrrole nitrogens is 1. The minimum atomic E-state index is -0.276. The lowest BCUT2D eigenvalue weighted by molar-refractivity contribution is -0.121. The predicted octanol–water partition coefficient (Wildman–Crippen LogP) is 1.85. The molecule has 2 N–H and O–H groups in total. The Hall–Kier alpha value is -3.42. The van der Waals surface area contributed by atoms with Gasteiger partial charge in [0.1, 0.15) is 18.3 Å². The fourth-order valence-electron chi connectivity index (χ4n) is 3.51. The summed E-state index contributed by atoms with van der Waals surface area (Å²) in [6.07, 6.45) is 2.85. The zero-order valence-electron chi connectivity index (χ0n) is 16.3. The van der Waals surface area contributed by atoms with E-state index in [0.717, 1.165) is 22.3 Å². The molecule has 1 amide bonds. The molecule has 0 radical (unpaired) electrons. The summed E-state index contributed by atoms with van der Waals surface area (Å²) in [4.78, 5) is 32.6.